The number of alkyl halides is 3. The number of halogens is 3. The third-order valence-electron chi connectivity index (χ3n) is 4.02. The van der Waals surface area contributed by atoms with Gasteiger partial charge in [0.05, 0.1) is 6.10 Å². The van der Waals surface area contributed by atoms with Crippen LogP contribution in [0.2, 0.25) is 0 Å². The second-order valence-corrected chi connectivity index (χ2v) is 5.72. The van der Waals surface area contributed by atoms with Gasteiger partial charge >= 0.3 is 6.18 Å². The van der Waals surface area contributed by atoms with E-state index in [1.807, 2.05) is 20.8 Å². The lowest BCUT2D eigenvalue weighted by molar-refractivity contribution is -0.141. The van der Waals surface area contributed by atoms with Crippen LogP contribution in [0.3, 0.4) is 0 Å². The molecule has 1 aromatic rings. The molecule has 112 valence electrons. The van der Waals surface area contributed by atoms with E-state index in [2.05, 4.69) is 15.3 Å². The highest BCUT2D eigenvalue weighted by Crippen LogP contribution is 2.48. The van der Waals surface area contributed by atoms with Crippen LogP contribution in [-0.2, 0) is 10.9 Å². The lowest BCUT2D eigenvalue weighted by atomic mass is 9.58. The maximum atomic E-state index is 12.6. The molecule has 0 unspecified atom stereocenters. The Morgan fingerprint density at radius 1 is 1.35 bits per heavy atom. The van der Waals surface area contributed by atoms with Crippen molar-refractivity contribution in [3.05, 3.63) is 18.0 Å². The number of nitrogens with one attached hydrogen (secondary N) is 1. The average molecular weight is 289 g/mol. The molecular weight excluding hydrogens is 271 g/mol. The van der Waals surface area contributed by atoms with Crippen molar-refractivity contribution in [2.24, 2.45) is 11.3 Å². The molecule has 4 nitrogen and oxygen atoms in total. The van der Waals surface area contributed by atoms with E-state index in [0.29, 0.717) is 0 Å². The summed E-state index contributed by atoms with van der Waals surface area (Å²) in [7, 11) is 1.64. The summed E-state index contributed by atoms with van der Waals surface area (Å²) in [5.41, 5.74) is -1.13. The highest BCUT2D eigenvalue weighted by atomic mass is 19.4. The van der Waals surface area contributed by atoms with Crippen molar-refractivity contribution in [1.82, 2.24) is 9.97 Å². The van der Waals surface area contributed by atoms with Crippen LogP contribution in [0.15, 0.2) is 12.3 Å². The Labute approximate surface area is 115 Å². The fourth-order valence-electron chi connectivity index (χ4n) is 3.15. The molecule has 0 radical (unpaired) electrons. The third kappa shape index (κ3) is 2.46. The van der Waals surface area contributed by atoms with E-state index in [-0.39, 0.29) is 29.4 Å². The largest absolute Gasteiger partial charge is 0.433 e. The van der Waals surface area contributed by atoms with Crippen LogP contribution < -0.4 is 5.32 Å². The van der Waals surface area contributed by atoms with Gasteiger partial charge in [-0.3, -0.25) is 0 Å². The molecule has 1 aliphatic rings. The molecule has 0 spiro atoms. The summed E-state index contributed by atoms with van der Waals surface area (Å²) in [5, 5.41) is 2.99. The molecule has 0 aromatic carbocycles. The molecule has 1 fully saturated rings. The van der Waals surface area contributed by atoms with E-state index in [4.69, 9.17) is 4.74 Å². The van der Waals surface area contributed by atoms with Gasteiger partial charge in [-0.25, -0.2) is 9.97 Å². The van der Waals surface area contributed by atoms with Crippen molar-refractivity contribution >= 4 is 5.95 Å². The maximum absolute atomic E-state index is 12.6. The van der Waals surface area contributed by atoms with Gasteiger partial charge in [0.15, 0.2) is 0 Å². The van der Waals surface area contributed by atoms with Crippen LogP contribution in [0.4, 0.5) is 19.1 Å². The van der Waals surface area contributed by atoms with Crippen molar-refractivity contribution in [3.63, 3.8) is 0 Å². The topological polar surface area (TPSA) is 47.0 Å². The zero-order chi connectivity index (χ0) is 15.1. The zero-order valence-electron chi connectivity index (χ0n) is 11.8. The van der Waals surface area contributed by atoms with Gasteiger partial charge in [-0.15, -0.1) is 0 Å². The van der Waals surface area contributed by atoms with E-state index < -0.39 is 11.9 Å². The smallest absolute Gasteiger partial charge is 0.380 e. The minimum absolute atomic E-state index is 0.000645. The fourth-order valence-corrected chi connectivity index (χ4v) is 3.15. The van der Waals surface area contributed by atoms with Gasteiger partial charge < -0.3 is 10.1 Å². The molecule has 0 aliphatic heterocycles. The molecule has 0 amide bonds. The van der Waals surface area contributed by atoms with Crippen molar-refractivity contribution in [2.75, 3.05) is 12.4 Å². The number of hydrogen-bond acceptors (Lipinski definition) is 4. The van der Waals surface area contributed by atoms with E-state index in [1.54, 1.807) is 7.11 Å². The molecule has 3 atom stereocenters. The molecule has 20 heavy (non-hydrogen) atoms. The second kappa shape index (κ2) is 4.87. The predicted molar refractivity (Wildman–Crippen MR) is 68.2 cm³/mol. The first-order valence-corrected chi connectivity index (χ1v) is 6.37. The number of methoxy groups -OCH3 is 1. The summed E-state index contributed by atoms with van der Waals surface area (Å²) in [6.07, 6.45) is -3.29. The summed E-state index contributed by atoms with van der Waals surface area (Å²) in [5.74, 6) is 0.174. The summed E-state index contributed by atoms with van der Waals surface area (Å²) in [4.78, 5) is 7.39. The normalized spacial score (nSPS) is 28.9. The van der Waals surface area contributed by atoms with Crippen LogP contribution in [0.25, 0.3) is 0 Å². The summed E-state index contributed by atoms with van der Waals surface area (Å²) < 4.78 is 43.2. The first-order chi connectivity index (χ1) is 9.17. The molecule has 1 N–H and O–H groups in total. The van der Waals surface area contributed by atoms with Crippen molar-refractivity contribution in [3.8, 4) is 0 Å². The molecule has 1 heterocycles. The number of ether oxygens (including phenoxy) is 1. The minimum atomic E-state index is -4.46. The number of hydrogen-bond donors (Lipinski definition) is 1. The Morgan fingerprint density at radius 2 is 2.00 bits per heavy atom. The Bertz CT molecular complexity index is 490. The SMILES string of the molecule is CO[C@@H]1[C@H](C)[C@@H](Nc2nccc(C(F)(F)F)n2)C1(C)C. The Hall–Kier alpha value is -1.37. The monoisotopic (exact) mass is 289 g/mol. The maximum Gasteiger partial charge on any atom is 0.433 e. The van der Waals surface area contributed by atoms with Gasteiger partial charge in [-0.05, 0) is 6.07 Å². The molecule has 1 aliphatic carbocycles. The van der Waals surface area contributed by atoms with Gasteiger partial charge in [-0.1, -0.05) is 20.8 Å². The van der Waals surface area contributed by atoms with Gasteiger partial charge in [0, 0.05) is 30.7 Å². The second-order valence-electron chi connectivity index (χ2n) is 5.72. The molecule has 1 saturated carbocycles. The lowest BCUT2D eigenvalue weighted by Crippen LogP contribution is -2.64. The Kier molecular flexibility index (Phi) is 3.66. The summed E-state index contributed by atoms with van der Waals surface area (Å²) in [6, 6.07) is 0.828. The Balaban J connectivity index is 2.16. The highest BCUT2D eigenvalue weighted by molar-refractivity contribution is 5.32. The number of aromatic nitrogens is 2. The van der Waals surface area contributed by atoms with Crippen LogP contribution in [0, 0.1) is 11.3 Å². The zero-order valence-corrected chi connectivity index (χ0v) is 11.8. The van der Waals surface area contributed by atoms with Gasteiger partial charge in [-0.2, -0.15) is 13.2 Å². The van der Waals surface area contributed by atoms with E-state index in [0.717, 1.165) is 12.3 Å². The fraction of sp³-hybridized carbons (Fsp3) is 0.692. The molecule has 2 rings (SSSR count). The van der Waals surface area contributed by atoms with Crippen LogP contribution >= 0.6 is 0 Å². The lowest BCUT2D eigenvalue weighted by Gasteiger charge is -2.56. The molecule has 0 saturated heterocycles. The first-order valence-electron chi connectivity index (χ1n) is 6.37. The minimum Gasteiger partial charge on any atom is -0.380 e. The summed E-state index contributed by atoms with van der Waals surface area (Å²) in [6.45, 7) is 6.00. The van der Waals surface area contributed by atoms with Crippen LogP contribution in [0.1, 0.15) is 26.5 Å². The van der Waals surface area contributed by atoms with Gasteiger partial charge in [0.1, 0.15) is 5.69 Å². The van der Waals surface area contributed by atoms with Gasteiger partial charge in [0.25, 0.3) is 0 Å². The van der Waals surface area contributed by atoms with E-state index in [1.165, 1.54) is 0 Å². The van der Waals surface area contributed by atoms with E-state index >= 15 is 0 Å². The molecule has 1 aromatic heterocycles. The number of nitrogens with zero attached hydrogens (tertiary/aromatic N) is 2. The Morgan fingerprint density at radius 3 is 2.50 bits per heavy atom. The number of rotatable bonds is 3. The van der Waals surface area contributed by atoms with Crippen LogP contribution in [-0.4, -0.2) is 29.2 Å². The van der Waals surface area contributed by atoms with Crippen molar-refractivity contribution in [1.29, 1.82) is 0 Å². The molecule has 0 bridgehead atoms. The first kappa shape index (κ1) is 15.0. The number of anilines is 1. The van der Waals surface area contributed by atoms with Crippen molar-refractivity contribution < 1.29 is 17.9 Å². The molecular formula is C13H18F3N3O. The quantitative estimate of drug-likeness (QED) is 0.929. The third-order valence-corrected chi connectivity index (χ3v) is 4.02. The molecule has 7 heteroatoms. The predicted octanol–water partition coefficient (Wildman–Crippen LogP) is 2.97. The van der Waals surface area contributed by atoms with Crippen LogP contribution in [0.5, 0.6) is 0 Å². The standard InChI is InChI=1S/C13H18F3N3O/c1-7-9(12(2,3)10(7)20-4)19-11-17-6-5-8(18-11)13(14,15)16/h5-7,9-10H,1-4H3,(H,17,18,19)/t7-,9-,10-/m1/s1. The summed E-state index contributed by atoms with van der Waals surface area (Å²) >= 11 is 0. The highest BCUT2D eigenvalue weighted by Gasteiger charge is 2.55. The average Bonchev–Trinajstić information content (AvgIpc) is 2.35. The van der Waals surface area contributed by atoms with E-state index in [9.17, 15) is 13.2 Å². The van der Waals surface area contributed by atoms with Crippen molar-refractivity contribution in [2.45, 2.75) is 39.1 Å². The van der Waals surface area contributed by atoms with Gasteiger partial charge in [0.2, 0.25) is 5.95 Å².